The lowest BCUT2D eigenvalue weighted by atomic mass is 9.74. The summed E-state index contributed by atoms with van der Waals surface area (Å²) in [6, 6.07) is 0. The molecule has 0 saturated carbocycles. The van der Waals surface area contributed by atoms with Gasteiger partial charge in [0.25, 0.3) is 0 Å². The van der Waals surface area contributed by atoms with Crippen molar-refractivity contribution in [2.24, 2.45) is 11.8 Å². The molecule has 0 aromatic rings. The second-order valence-corrected chi connectivity index (χ2v) is 6.53. The third-order valence-electron chi connectivity index (χ3n) is 4.28. The summed E-state index contributed by atoms with van der Waals surface area (Å²) in [4.78, 5) is 50.0. The summed E-state index contributed by atoms with van der Waals surface area (Å²) in [6.07, 6.45) is 1.61. The summed E-state index contributed by atoms with van der Waals surface area (Å²) in [5.74, 6) is -4.86. The molecule has 0 radical (unpaired) electrons. The van der Waals surface area contributed by atoms with Gasteiger partial charge in [-0.1, -0.05) is 26.7 Å². The van der Waals surface area contributed by atoms with E-state index in [-0.39, 0.29) is 19.8 Å². The van der Waals surface area contributed by atoms with Crippen LogP contribution >= 0.6 is 0 Å². The minimum atomic E-state index is -2.15. The zero-order valence-electron chi connectivity index (χ0n) is 17.9. The van der Waals surface area contributed by atoms with Gasteiger partial charge in [-0.3, -0.25) is 14.4 Å². The van der Waals surface area contributed by atoms with Crippen LogP contribution in [0.4, 0.5) is 0 Å². The first-order chi connectivity index (χ1) is 13.2. The smallest absolute Gasteiger partial charge is 0.352 e. The molecule has 0 aromatic heterocycles. The number of esters is 4. The summed E-state index contributed by atoms with van der Waals surface area (Å²) in [5.41, 5.74) is -2.15. The molecule has 0 aliphatic carbocycles. The molecule has 162 valence electrons. The Balaban J connectivity index is 6.40. The van der Waals surface area contributed by atoms with Crippen LogP contribution in [0.2, 0.25) is 0 Å². The second kappa shape index (κ2) is 13.1. The van der Waals surface area contributed by atoms with Crippen molar-refractivity contribution in [1.82, 2.24) is 0 Å². The van der Waals surface area contributed by atoms with Crippen LogP contribution < -0.4 is 0 Å². The largest absolute Gasteiger partial charge is 0.466 e. The van der Waals surface area contributed by atoms with Gasteiger partial charge in [-0.25, -0.2) is 4.79 Å². The molecule has 0 aliphatic rings. The molecule has 0 fully saturated rings. The summed E-state index contributed by atoms with van der Waals surface area (Å²) in [6.45, 7) is 9.84. The first-order valence-corrected chi connectivity index (χ1v) is 9.88. The van der Waals surface area contributed by atoms with Gasteiger partial charge in [0.1, 0.15) is 5.92 Å². The molecule has 0 aliphatic heterocycles. The Bertz CT molecular complexity index is 530. The van der Waals surface area contributed by atoms with Gasteiger partial charge < -0.3 is 18.9 Å². The number of carbonyl (C=O) groups is 4. The number of hydrogen-bond acceptors (Lipinski definition) is 8. The highest BCUT2D eigenvalue weighted by molar-refractivity contribution is 5.93. The summed E-state index contributed by atoms with van der Waals surface area (Å²) in [7, 11) is 0. The lowest BCUT2D eigenvalue weighted by Crippen LogP contribution is -2.57. The van der Waals surface area contributed by atoms with E-state index in [2.05, 4.69) is 0 Å². The molecule has 0 spiro atoms. The molecule has 0 aromatic carbocycles. The van der Waals surface area contributed by atoms with Crippen LogP contribution in [-0.4, -0.2) is 49.3 Å². The van der Waals surface area contributed by atoms with Crippen LogP contribution in [0.3, 0.4) is 0 Å². The Morgan fingerprint density at radius 3 is 1.93 bits per heavy atom. The van der Waals surface area contributed by atoms with Crippen LogP contribution in [0, 0.1) is 11.8 Å². The van der Waals surface area contributed by atoms with Crippen molar-refractivity contribution in [3.8, 4) is 0 Å². The predicted molar refractivity (Wildman–Crippen MR) is 101 cm³/mol. The zero-order valence-corrected chi connectivity index (χ0v) is 17.9. The van der Waals surface area contributed by atoms with Gasteiger partial charge in [0, 0.05) is 6.92 Å². The van der Waals surface area contributed by atoms with Crippen LogP contribution in [0.1, 0.15) is 67.2 Å². The second-order valence-electron chi connectivity index (χ2n) is 6.53. The number of rotatable bonds is 13. The molecule has 0 amide bonds. The summed E-state index contributed by atoms with van der Waals surface area (Å²) < 4.78 is 20.6. The van der Waals surface area contributed by atoms with Crippen LogP contribution in [-0.2, 0) is 38.1 Å². The maximum Gasteiger partial charge on any atom is 0.352 e. The fourth-order valence-electron chi connectivity index (χ4n) is 3.19. The van der Waals surface area contributed by atoms with Crippen LogP contribution in [0.15, 0.2) is 0 Å². The highest BCUT2D eigenvalue weighted by Crippen LogP contribution is 2.37. The SMILES string of the molecule is CCCCC(C)C(C(=O)OCC)C(CC(=O)OCC)(OC(C)=O)C(=O)OCC. The van der Waals surface area contributed by atoms with Gasteiger partial charge in [0.05, 0.1) is 26.2 Å². The minimum absolute atomic E-state index is 0.0104. The molecule has 0 saturated heterocycles. The quantitative estimate of drug-likeness (QED) is 0.342. The fourth-order valence-corrected chi connectivity index (χ4v) is 3.19. The van der Waals surface area contributed by atoms with E-state index in [1.54, 1.807) is 27.7 Å². The first kappa shape index (κ1) is 25.9. The first-order valence-electron chi connectivity index (χ1n) is 9.88. The molecular weight excluding hydrogens is 368 g/mol. The summed E-state index contributed by atoms with van der Waals surface area (Å²) in [5, 5.41) is 0. The van der Waals surface area contributed by atoms with E-state index in [4.69, 9.17) is 18.9 Å². The van der Waals surface area contributed by atoms with E-state index < -0.39 is 47.7 Å². The van der Waals surface area contributed by atoms with Crippen molar-refractivity contribution in [3.05, 3.63) is 0 Å². The van der Waals surface area contributed by atoms with E-state index in [0.29, 0.717) is 6.42 Å². The average molecular weight is 402 g/mol. The van der Waals surface area contributed by atoms with Gasteiger partial charge >= 0.3 is 23.9 Å². The third-order valence-corrected chi connectivity index (χ3v) is 4.28. The normalized spacial score (nSPS) is 14.9. The molecule has 0 N–H and O–H groups in total. The van der Waals surface area contributed by atoms with Crippen molar-refractivity contribution >= 4 is 23.9 Å². The van der Waals surface area contributed by atoms with E-state index in [9.17, 15) is 19.2 Å². The molecule has 28 heavy (non-hydrogen) atoms. The third kappa shape index (κ3) is 7.48. The maximum absolute atomic E-state index is 13.0. The van der Waals surface area contributed by atoms with Gasteiger partial charge in [-0.15, -0.1) is 0 Å². The Kier molecular flexibility index (Phi) is 12.1. The lowest BCUT2D eigenvalue weighted by molar-refractivity contribution is -0.201. The van der Waals surface area contributed by atoms with Gasteiger partial charge in [0.15, 0.2) is 0 Å². The molecular formula is C20H34O8. The van der Waals surface area contributed by atoms with Crippen LogP contribution in [0.5, 0.6) is 0 Å². The molecule has 8 nitrogen and oxygen atoms in total. The van der Waals surface area contributed by atoms with E-state index in [1.807, 2.05) is 6.92 Å². The lowest BCUT2D eigenvalue weighted by Gasteiger charge is -2.38. The Morgan fingerprint density at radius 1 is 0.893 bits per heavy atom. The number of unbranched alkanes of at least 4 members (excludes halogenated alkanes) is 1. The molecule has 3 atom stereocenters. The van der Waals surface area contributed by atoms with E-state index in [0.717, 1.165) is 19.8 Å². The van der Waals surface area contributed by atoms with Crippen molar-refractivity contribution in [2.75, 3.05) is 19.8 Å². The fraction of sp³-hybridized carbons (Fsp3) is 0.800. The standard InChI is InChI=1S/C20H34O8/c1-7-11-12-14(5)17(18(23)26-9-3)20(28-15(6)21,19(24)27-10-4)13-16(22)25-8-2/h14,17H,7-13H2,1-6H3. The van der Waals surface area contributed by atoms with Crippen molar-refractivity contribution in [1.29, 1.82) is 0 Å². The Morgan fingerprint density at radius 2 is 1.46 bits per heavy atom. The summed E-state index contributed by atoms with van der Waals surface area (Å²) >= 11 is 0. The monoisotopic (exact) mass is 402 g/mol. The Hall–Kier alpha value is -2.12. The molecule has 0 heterocycles. The van der Waals surface area contributed by atoms with Gasteiger partial charge in [-0.2, -0.15) is 0 Å². The highest BCUT2D eigenvalue weighted by atomic mass is 16.6. The highest BCUT2D eigenvalue weighted by Gasteiger charge is 2.58. The van der Waals surface area contributed by atoms with Crippen LogP contribution in [0.25, 0.3) is 0 Å². The van der Waals surface area contributed by atoms with Gasteiger partial charge in [0.2, 0.25) is 5.60 Å². The van der Waals surface area contributed by atoms with E-state index in [1.165, 1.54) is 0 Å². The number of carbonyl (C=O) groups excluding carboxylic acids is 4. The molecule has 0 bridgehead atoms. The van der Waals surface area contributed by atoms with Crippen molar-refractivity contribution in [2.45, 2.75) is 72.8 Å². The maximum atomic E-state index is 13.0. The molecule has 0 rings (SSSR count). The topological polar surface area (TPSA) is 105 Å². The predicted octanol–water partition coefficient (Wildman–Crippen LogP) is 2.81. The average Bonchev–Trinajstić information content (AvgIpc) is 2.59. The number of hydrogen-bond donors (Lipinski definition) is 0. The zero-order chi connectivity index (χ0) is 21.7. The van der Waals surface area contributed by atoms with Gasteiger partial charge in [-0.05, 0) is 33.1 Å². The number of ether oxygens (including phenoxy) is 4. The van der Waals surface area contributed by atoms with Crippen molar-refractivity contribution in [3.63, 3.8) is 0 Å². The minimum Gasteiger partial charge on any atom is -0.466 e. The molecule has 8 heteroatoms. The van der Waals surface area contributed by atoms with E-state index >= 15 is 0 Å². The van der Waals surface area contributed by atoms with Crippen molar-refractivity contribution < 1.29 is 38.1 Å². The molecule has 3 unspecified atom stereocenters. The Labute approximate surface area is 167 Å².